The van der Waals surface area contributed by atoms with Crippen molar-refractivity contribution in [1.82, 2.24) is 4.90 Å². The maximum absolute atomic E-state index is 12.7. The molecule has 5 unspecified atom stereocenters. The first-order valence-electron chi connectivity index (χ1n) is 8.07. The number of rotatable bonds is 3. The van der Waals surface area contributed by atoms with E-state index in [1.54, 1.807) is 0 Å². The average Bonchev–Trinajstić information content (AvgIpc) is 2.43. The second-order valence-electron chi connectivity index (χ2n) is 7.00. The van der Waals surface area contributed by atoms with Gasteiger partial charge >= 0.3 is 0 Å². The topological polar surface area (TPSA) is 55.6 Å². The van der Waals surface area contributed by atoms with Crippen molar-refractivity contribution < 1.29 is 9.53 Å². The van der Waals surface area contributed by atoms with Crippen molar-refractivity contribution in [3.63, 3.8) is 0 Å². The molecular formula is C16H30N2O2. The van der Waals surface area contributed by atoms with Crippen LogP contribution in [0.5, 0.6) is 0 Å². The van der Waals surface area contributed by atoms with Gasteiger partial charge in [0.25, 0.3) is 0 Å². The average molecular weight is 282 g/mol. The molecule has 2 aliphatic rings. The molecule has 4 heteroatoms. The van der Waals surface area contributed by atoms with E-state index >= 15 is 0 Å². The van der Waals surface area contributed by atoms with Crippen LogP contribution in [-0.2, 0) is 9.53 Å². The van der Waals surface area contributed by atoms with Gasteiger partial charge in [-0.1, -0.05) is 13.8 Å². The number of hydrogen-bond donors (Lipinski definition) is 1. The van der Waals surface area contributed by atoms with Crippen LogP contribution in [0.15, 0.2) is 0 Å². The van der Waals surface area contributed by atoms with Crippen LogP contribution >= 0.6 is 0 Å². The minimum absolute atomic E-state index is 0.107. The van der Waals surface area contributed by atoms with Crippen molar-refractivity contribution in [3.8, 4) is 0 Å². The van der Waals surface area contributed by atoms with E-state index in [1.807, 2.05) is 11.9 Å². The number of ether oxygens (including phenoxy) is 1. The van der Waals surface area contributed by atoms with Gasteiger partial charge in [-0.3, -0.25) is 4.79 Å². The minimum Gasteiger partial charge on any atom is -0.381 e. The minimum atomic E-state index is 0.107. The van der Waals surface area contributed by atoms with E-state index in [4.69, 9.17) is 10.5 Å². The van der Waals surface area contributed by atoms with Gasteiger partial charge in [0.05, 0.1) is 6.61 Å². The molecular weight excluding hydrogens is 252 g/mol. The molecule has 5 atom stereocenters. The van der Waals surface area contributed by atoms with Crippen molar-refractivity contribution in [3.05, 3.63) is 0 Å². The predicted octanol–water partition coefficient (Wildman–Crippen LogP) is 1.88. The number of carbonyl (C=O) groups is 1. The zero-order chi connectivity index (χ0) is 14.7. The lowest BCUT2D eigenvalue weighted by atomic mass is 9.72. The molecule has 0 aromatic heterocycles. The summed E-state index contributed by atoms with van der Waals surface area (Å²) in [4.78, 5) is 14.6. The third-order valence-electron chi connectivity index (χ3n) is 5.17. The van der Waals surface area contributed by atoms with Crippen molar-refractivity contribution >= 4 is 5.91 Å². The molecule has 1 saturated carbocycles. The van der Waals surface area contributed by atoms with Gasteiger partial charge in [-0.2, -0.15) is 0 Å². The second-order valence-corrected chi connectivity index (χ2v) is 7.00. The van der Waals surface area contributed by atoms with Crippen molar-refractivity contribution in [2.45, 2.75) is 45.6 Å². The van der Waals surface area contributed by atoms with Gasteiger partial charge < -0.3 is 15.4 Å². The third kappa shape index (κ3) is 3.73. The summed E-state index contributed by atoms with van der Waals surface area (Å²) in [6, 6.07) is 0.173. The fourth-order valence-corrected chi connectivity index (χ4v) is 3.74. The van der Waals surface area contributed by atoms with Gasteiger partial charge in [-0.25, -0.2) is 0 Å². The maximum atomic E-state index is 12.7. The number of amides is 1. The first-order chi connectivity index (χ1) is 9.49. The number of nitrogens with two attached hydrogens (primary N) is 1. The zero-order valence-electron chi connectivity index (χ0n) is 13.2. The second kappa shape index (κ2) is 6.90. The van der Waals surface area contributed by atoms with Crippen LogP contribution in [0.4, 0.5) is 0 Å². The summed E-state index contributed by atoms with van der Waals surface area (Å²) in [6.07, 6.45) is 4.20. The van der Waals surface area contributed by atoms with Crippen molar-refractivity contribution in [2.75, 3.05) is 26.8 Å². The van der Waals surface area contributed by atoms with Crippen LogP contribution < -0.4 is 5.73 Å². The van der Waals surface area contributed by atoms with Crippen LogP contribution in [0.3, 0.4) is 0 Å². The molecule has 2 N–H and O–H groups in total. The van der Waals surface area contributed by atoms with Crippen LogP contribution in [0.25, 0.3) is 0 Å². The summed E-state index contributed by atoms with van der Waals surface area (Å²) in [5.41, 5.74) is 6.16. The van der Waals surface area contributed by atoms with E-state index in [9.17, 15) is 4.79 Å². The van der Waals surface area contributed by atoms with Crippen LogP contribution in [-0.4, -0.2) is 43.7 Å². The largest absolute Gasteiger partial charge is 0.381 e. The SMILES string of the molecule is CC1CC(C)C(C(=O)N(C)CC2CCCOC2)CC1N. The fraction of sp³-hybridized carbons (Fsp3) is 0.938. The van der Waals surface area contributed by atoms with Gasteiger partial charge in [0.15, 0.2) is 0 Å². The van der Waals surface area contributed by atoms with E-state index in [0.717, 1.165) is 39.0 Å². The Kier molecular flexibility index (Phi) is 5.44. The summed E-state index contributed by atoms with van der Waals surface area (Å²) in [5, 5.41) is 0. The molecule has 4 nitrogen and oxygen atoms in total. The maximum Gasteiger partial charge on any atom is 0.225 e. The number of nitrogens with zero attached hydrogens (tertiary/aromatic N) is 1. The third-order valence-corrected chi connectivity index (χ3v) is 5.17. The van der Waals surface area contributed by atoms with Gasteiger partial charge in [-0.05, 0) is 43.4 Å². The molecule has 1 amide bonds. The highest BCUT2D eigenvalue weighted by Crippen LogP contribution is 2.34. The highest BCUT2D eigenvalue weighted by Gasteiger charge is 2.36. The lowest BCUT2D eigenvalue weighted by Gasteiger charge is -2.38. The summed E-state index contributed by atoms with van der Waals surface area (Å²) in [6.45, 7) is 6.90. The van der Waals surface area contributed by atoms with Crippen LogP contribution in [0.1, 0.15) is 39.5 Å². The molecule has 0 radical (unpaired) electrons. The van der Waals surface area contributed by atoms with Gasteiger partial charge in [-0.15, -0.1) is 0 Å². The smallest absolute Gasteiger partial charge is 0.225 e. The molecule has 1 heterocycles. The summed E-state index contributed by atoms with van der Waals surface area (Å²) >= 11 is 0. The first kappa shape index (κ1) is 15.8. The Morgan fingerprint density at radius 1 is 1.30 bits per heavy atom. The fourth-order valence-electron chi connectivity index (χ4n) is 3.74. The van der Waals surface area contributed by atoms with Crippen LogP contribution in [0, 0.1) is 23.7 Å². The number of hydrogen-bond acceptors (Lipinski definition) is 3. The highest BCUT2D eigenvalue weighted by molar-refractivity contribution is 5.79. The van der Waals surface area contributed by atoms with E-state index in [2.05, 4.69) is 13.8 Å². The monoisotopic (exact) mass is 282 g/mol. The Morgan fingerprint density at radius 2 is 2.05 bits per heavy atom. The predicted molar refractivity (Wildman–Crippen MR) is 80.2 cm³/mol. The lowest BCUT2D eigenvalue weighted by molar-refractivity contribution is -0.138. The Bertz CT molecular complexity index is 328. The molecule has 1 aliphatic heterocycles. The Hall–Kier alpha value is -0.610. The molecule has 0 aromatic rings. The lowest BCUT2D eigenvalue weighted by Crippen LogP contribution is -2.46. The van der Waals surface area contributed by atoms with Crippen molar-refractivity contribution in [2.24, 2.45) is 29.4 Å². The molecule has 20 heavy (non-hydrogen) atoms. The highest BCUT2D eigenvalue weighted by atomic mass is 16.5. The van der Waals surface area contributed by atoms with E-state index in [0.29, 0.717) is 17.8 Å². The molecule has 116 valence electrons. The van der Waals surface area contributed by atoms with E-state index < -0.39 is 0 Å². The molecule has 0 spiro atoms. The van der Waals surface area contributed by atoms with Crippen LogP contribution in [0.2, 0.25) is 0 Å². The van der Waals surface area contributed by atoms with Crippen molar-refractivity contribution in [1.29, 1.82) is 0 Å². The first-order valence-corrected chi connectivity index (χ1v) is 8.07. The Morgan fingerprint density at radius 3 is 2.70 bits per heavy atom. The van der Waals surface area contributed by atoms with Gasteiger partial charge in [0.2, 0.25) is 5.91 Å². The molecule has 2 rings (SSSR count). The number of carbonyl (C=O) groups excluding carboxylic acids is 1. The van der Waals surface area contributed by atoms with Gasteiger partial charge in [0, 0.05) is 32.2 Å². The molecule has 1 saturated heterocycles. The summed E-state index contributed by atoms with van der Waals surface area (Å²) in [7, 11) is 1.94. The van der Waals surface area contributed by atoms with E-state index in [-0.39, 0.29) is 17.9 Å². The van der Waals surface area contributed by atoms with Gasteiger partial charge in [0.1, 0.15) is 0 Å². The molecule has 2 fully saturated rings. The zero-order valence-corrected chi connectivity index (χ0v) is 13.2. The quantitative estimate of drug-likeness (QED) is 0.860. The normalized spacial score (nSPS) is 38.5. The van der Waals surface area contributed by atoms with E-state index in [1.165, 1.54) is 6.42 Å². The Labute approximate surface area is 123 Å². The molecule has 1 aliphatic carbocycles. The summed E-state index contributed by atoms with van der Waals surface area (Å²) < 4.78 is 5.50. The molecule has 0 aromatic carbocycles. The standard InChI is InChI=1S/C16H30N2O2/c1-11-7-12(2)15(17)8-14(11)16(19)18(3)9-13-5-4-6-20-10-13/h11-15H,4-10,17H2,1-3H3. The summed E-state index contributed by atoms with van der Waals surface area (Å²) in [5.74, 6) is 1.87. The Balaban J connectivity index is 1.88. The molecule has 0 bridgehead atoms.